The molecule has 5 nitrogen and oxygen atoms in total. The fourth-order valence-electron chi connectivity index (χ4n) is 2.36. The third kappa shape index (κ3) is 1.73. The normalized spacial score (nSPS) is 25.7. The van der Waals surface area contributed by atoms with Crippen LogP contribution in [0.4, 0.5) is 0 Å². The molecule has 1 saturated carbocycles. The molecular weight excluding hydrogens is 194 g/mol. The second-order valence-electron chi connectivity index (χ2n) is 3.96. The molecule has 0 saturated heterocycles. The van der Waals surface area contributed by atoms with E-state index in [1.165, 1.54) is 0 Å². The fourth-order valence-corrected chi connectivity index (χ4v) is 2.36. The molecule has 0 bridgehead atoms. The first kappa shape index (κ1) is 10.1. The fraction of sp³-hybridized carbons (Fsp3) is 0.700. The predicted molar refractivity (Wildman–Crippen MR) is 53.4 cm³/mol. The van der Waals surface area contributed by atoms with Crippen molar-refractivity contribution in [1.82, 2.24) is 14.8 Å². The molecule has 2 unspecified atom stereocenters. The summed E-state index contributed by atoms with van der Waals surface area (Å²) in [7, 11) is 0. The number of rotatable bonds is 3. The molecule has 0 radical (unpaired) electrons. The summed E-state index contributed by atoms with van der Waals surface area (Å²) in [5.74, 6) is -0.102. The van der Waals surface area contributed by atoms with Crippen molar-refractivity contribution in [3.05, 3.63) is 12.2 Å². The first-order chi connectivity index (χ1) is 7.24. The lowest BCUT2D eigenvalue weighted by Crippen LogP contribution is -2.19. The van der Waals surface area contributed by atoms with E-state index < -0.39 is 5.97 Å². The van der Waals surface area contributed by atoms with E-state index in [-0.39, 0.29) is 11.8 Å². The Bertz CT molecular complexity index is 361. The Balaban J connectivity index is 2.26. The minimum absolute atomic E-state index is 0.0462. The van der Waals surface area contributed by atoms with Gasteiger partial charge in [0.2, 0.25) is 0 Å². The van der Waals surface area contributed by atoms with Crippen molar-refractivity contribution >= 4 is 5.97 Å². The Morgan fingerprint density at radius 3 is 3.13 bits per heavy atom. The van der Waals surface area contributed by atoms with Crippen LogP contribution in [0.5, 0.6) is 0 Å². The van der Waals surface area contributed by atoms with Gasteiger partial charge >= 0.3 is 5.97 Å². The van der Waals surface area contributed by atoms with E-state index in [0.717, 1.165) is 31.6 Å². The van der Waals surface area contributed by atoms with Crippen LogP contribution in [0.25, 0.3) is 0 Å². The van der Waals surface area contributed by atoms with E-state index in [1.807, 2.05) is 11.5 Å². The van der Waals surface area contributed by atoms with Gasteiger partial charge in [-0.15, -0.1) is 10.2 Å². The van der Waals surface area contributed by atoms with E-state index in [9.17, 15) is 4.79 Å². The van der Waals surface area contributed by atoms with Crippen molar-refractivity contribution in [3.8, 4) is 0 Å². The highest BCUT2D eigenvalue weighted by molar-refractivity contribution is 5.71. The molecule has 1 fully saturated rings. The van der Waals surface area contributed by atoms with Crippen LogP contribution >= 0.6 is 0 Å². The second-order valence-corrected chi connectivity index (χ2v) is 3.96. The standard InChI is InChI=1S/C10H15N3O2/c1-2-13-6-11-12-9(13)7-4-3-5-8(7)10(14)15/h6-8H,2-5H2,1H3,(H,14,15). The maximum absolute atomic E-state index is 11.0. The van der Waals surface area contributed by atoms with Crippen LogP contribution in [0.1, 0.15) is 37.9 Å². The maximum Gasteiger partial charge on any atom is 0.307 e. The molecule has 1 heterocycles. The van der Waals surface area contributed by atoms with E-state index in [2.05, 4.69) is 10.2 Å². The SMILES string of the molecule is CCn1cnnc1C1CCCC1C(=O)O. The summed E-state index contributed by atoms with van der Waals surface area (Å²) >= 11 is 0. The van der Waals surface area contributed by atoms with Crippen LogP contribution in [-0.2, 0) is 11.3 Å². The number of aromatic nitrogens is 3. The van der Waals surface area contributed by atoms with Gasteiger partial charge in [0.15, 0.2) is 0 Å². The van der Waals surface area contributed by atoms with Crippen molar-refractivity contribution in [2.75, 3.05) is 0 Å². The van der Waals surface area contributed by atoms with E-state index in [0.29, 0.717) is 0 Å². The smallest absolute Gasteiger partial charge is 0.307 e. The molecular formula is C10H15N3O2. The van der Waals surface area contributed by atoms with Crippen LogP contribution in [0, 0.1) is 5.92 Å². The van der Waals surface area contributed by atoms with Crippen molar-refractivity contribution in [2.45, 2.75) is 38.6 Å². The Kier molecular flexibility index (Phi) is 2.70. The highest BCUT2D eigenvalue weighted by Gasteiger charge is 2.36. The lowest BCUT2D eigenvalue weighted by atomic mass is 9.95. The predicted octanol–water partition coefficient (Wildman–Crippen LogP) is 1.27. The van der Waals surface area contributed by atoms with Crippen molar-refractivity contribution < 1.29 is 9.90 Å². The molecule has 1 aliphatic carbocycles. The highest BCUT2D eigenvalue weighted by atomic mass is 16.4. The highest BCUT2D eigenvalue weighted by Crippen LogP contribution is 2.38. The zero-order valence-electron chi connectivity index (χ0n) is 8.76. The van der Waals surface area contributed by atoms with Crippen LogP contribution in [-0.4, -0.2) is 25.8 Å². The number of carboxylic acid groups (broad SMARTS) is 1. The lowest BCUT2D eigenvalue weighted by Gasteiger charge is -2.15. The van der Waals surface area contributed by atoms with Gasteiger partial charge in [-0.05, 0) is 19.8 Å². The molecule has 0 aromatic carbocycles. The zero-order chi connectivity index (χ0) is 10.8. The summed E-state index contributed by atoms with van der Waals surface area (Å²) in [5.41, 5.74) is 0. The summed E-state index contributed by atoms with van der Waals surface area (Å²) < 4.78 is 1.94. The molecule has 1 aromatic heterocycles. The number of carboxylic acids is 1. The van der Waals surface area contributed by atoms with Gasteiger partial charge in [0.25, 0.3) is 0 Å². The summed E-state index contributed by atoms with van der Waals surface area (Å²) in [5, 5.41) is 17.0. The maximum atomic E-state index is 11.0. The number of carbonyl (C=O) groups is 1. The summed E-state index contributed by atoms with van der Waals surface area (Å²) in [6.45, 7) is 2.81. The van der Waals surface area contributed by atoms with Crippen LogP contribution in [0.2, 0.25) is 0 Å². The lowest BCUT2D eigenvalue weighted by molar-refractivity contribution is -0.142. The van der Waals surface area contributed by atoms with Crippen LogP contribution in [0.15, 0.2) is 6.33 Å². The average Bonchev–Trinajstić information content (AvgIpc) is 2.85. The van der Waals surface area contributed by atoms with Gasteiger partial charge < -0.3 is 9.67 Å². The monoisotopic (exact) mass is 209 g/mol. The Morgan fingerprint density at radius 1 is 1.67 bits per heavy atom. The molecule has 82 valence electrons. The summed E-state index contributed by atoms with van der Waals surface area (Å²) in [4.78, 5) is 11.0. The molecule has 0 amide bonds. The van der Waals surface area contributed by atoms with Gasteiger partial charge in [0.1, 0.15) is 12.2 Å². The average molecular weight is 209 g/mol. The number of aryl methyl sites for hydroxylation is 1. The Labute approximate surface area is 88.1 Å². The number of hydrogen-bond acceptors (Lipinski definition) is 3. The number of hydrogen-bond donors (Lipinski definition) is 1. The van der Waals surface area contributed by atoms with Crippen molar-refractivity contribution in [2.24, 2.45) is 5.92 Å². The van der Waals surface area contributed by atoms with Crippen molar-refractivity contribution in [3.63, 3.8) is 0 Å². The van der Waals surface area contributed by atoms with Crippen LogP contribution in [0.3, 0.4) is 0 Å². The number of nitrogens with zero attached hydrogens (tertiary/aromatic N) is 3. The van der Waals surface area contributed by atoms with E-state index in [1.54, 1.807) is 6.33 Å². The van der Waals surface area contributed by atoms with Gasteiger partial charge in [-0.1, -0.05) is 6.42 Å². The molecule has 0 aliphatic heterocycles. The first-order valence-electron chi connectivity index (χ1n) is 5.34. The zero-order valence-corrected chi connectivity index (χ0v) is 8.76. The van der Waals surface area contributed by atoms with Gasteiger partial charge in [-0.2, -0.15) is 0 Å². The van der Waals surface area contributed by atoms with Crippen LogP contribution < -0.4 is 0 Å². The third-order valence-corrected chi connectivity index (χ3v) is 3.15. The van der Waals surface area contributed by atoms with Crippen molar-refractivity contribution in [1.29, 1.82) is 0 Å². The molecule has 15 heavy (non-hydrogen) atoms. The molecule has 1 aliphatic rings. The van der Waals surface area contributed by atoms with E-state index in [4.69, 9.17) is 5.11 Å². The second kappa shape index (κ2) is 4.00. The minimum atomic E-state index is -0.705. The quantitative estimate of drug-likeness (QED) is 0.813. The van der Waals surface area contributed by atoms with E-state index >= 15 is 0 Å². The largest absolute Gasteiger partial charge is 0.481 e. The van der Waals surface area contributed by atoms with Gasteiger partial charge in [0, 0.05) is 12.5 Å². The van der Waals surface area contributed by atoms with Gasteiger partial charge in [-0.3, -0.25) is 4.79 Å². The Morgan fingerprint density at radius 2 is 2.47 bits per heavy atom. The molecule has 1 N–H and O–H groups in total. The molecule has 2 atom stereocenters. The Hall–Kier alpha value is -1.39. The third-order valence-electron chi connectivity index (χ3n) is 3.15. The van der Waals surface area contributed by atoms with Gasteiger partial charge in [0.05, 0.1) is 5.92 Å². The topological polar surface area (TPSA) is 68.0 Å². The number of aliphatic carboxylic acids is 1. The van der Waals surface area contributed by atoms with Gasteiger partial charge in [-0.25, -0.2) is 0 Å². The minimum Gasteiger partial charge on any atom is -0.481 e. The first-order valence-corrected chi connectivity index (χ1v) is 5.34. The summed E-state index contributed by atoms with van der Waals surface area (Å²) in [6, 6.07) is 0. The molecule has 5 heteroatoms. The molecule has 1 aromatic rings. The molecule has 2 rings (SSSR count). The summed E-state index contributed by atoms with van der Waals surface area (Å²) in [6.07, 6.45) is 4.32. The molecule has 0 spiro atoms.